The van der Waals surface area contributed by atoms with Gasteiger partial charge in [0.05, 0.1) is 18.3 Å². The predicted molar refractivity (Wildman–Crippen MR) is 90.7 cm³/mol. The molecule has 2 atom stereocenters. The molecule has 0 saturated carbocycles. The molecule has 0 spiro atoms. The summed E-state index contributed by atoms with van der Waals surface area (Å²) in [4.78, 5) is 28.0. The average molecular weight is 365 g/mol. The second kappa shape index (κ2) is 8.66. The number of carbonyl (C=O) groups is 2. The number of benzene rings is 1. The highest BCUT2D eigenvalue weighted by molar-refractivity contribution is 5.98. The van der Waals surface area contributed by atoms with Crippen LogP contribution in [0.5, 0.6) is 0 Å². The molecule has 140 valence electrons. The number of amides is 1. The largest absolute Gasteiger partial charge is 0.442 e. The minimum absolute atomic E-state index is 0.153. The number of oxazole rings is 1. The van der Waals surface area contributed by atoms with Gasteiger partial charge in [0.25, 0.3) is 11.8 Å². The van der Waals surface area contributed by atoms with Gasteiger partial charge in [-0.05, 0) is 12.0 Å². The van der Waals surface area contributed by atoms with E-state index in [0.29, 0.717) is 5.56 Å². The lowest BCUT2D eigenvalue weighted by molar-refractivity contribution is -0.125. The van der Waals surface area contributed by atoms with Crippen LogP contribution < -0.4 is 11.1 Å². The molecule has 8 heteroatoms. The van der Waals surface area contributed by atoms with E-state index in [1.807, 2.05) is 0 Å². The summed E-state index contributed by atoms with van der Waals surface area (Å²) >= 11 is 0. The summed E-state index contributed by atoms with van der Waals surface area (Å²) < 4.78 is 33.2. The van der Waals surface area contributed by atoms with Crippen LogP contribution >= 0.6 is 0 Å². The molecule has 0 radical (unpaired) electrons. The van der Waals surface area contributed by atoms with Crippen molar-refractivity contribution in [2.24, 2.45) is 5.73 Å². The molecule has 1 aromatic carbocycles. The number of alkyl halides is 2. The summed E-state index contributed by atoms with van der Waals surface area (Å²) in [6.07, 6.45) is 1.45. The Hall–Kier alpha value is -2.61. The topological polar surface area (TPSA) is 98.2 Å². The minimum Gasteiger partial charge on any atom is -0.442 e. The Labute approximate surface area is 149 Å². The molecule has 1 amide bonds. The van der Waals surface area contributed by atoms with Crippen molar-refractivity contribution in [2.45, 2.75) is 44.2 Å². The van der Waals surface area contributed by atoms with Crippen LogP contribution in [0.25, 0.3) is 0 Å². The van der Waals surface area contributed by atoms with Crippen LogP contribution in [0.15, 0.2) is 47.2 Å². The van der Waals surface area contributed by atoms with Gasteiger partial charge in [0.1, 0.15) is 6.26 Å². The van der Waals surface area contributed by atoms with Crippen molar-refractivity contribution in [3.63, 3.8) is 0 Å². The lowest BCUT2D eigenvalue weighted by Gasteiger charge is -2.22. The monoisotopic (exact) mass is 365 g/mol. The lowest BCUT2D eigenvalue weighted by Crippen LogP contribution is -2.50. The Morgan fingerprint density at radius 1 is 1.31 bits per heavy atom. The zero-order chi connectivity index (χ0) is 19.2. The van der Waals surface area contributed by atoms with Gasteiger partial charge in [0, 0.05) is 12.8 Å². The molecule has 3 N–H and O–H groups in total. The van der Waals surface area contributed by atoms with Crippen molar-refractivity contribution in [1.29, 1.82) is 0 Å². The molecule has 0 bridgehead atoms. The van der Waals surface area contributed by atoms with Gasteiger partial charge in [-0.25, -0.2) is 13.8 Å². The van der Waals surface area contributed by atoms with Crippen LogP contribution in [0, 0.1) is 0 Å². The van der Waals surface area contributed by atoms with Crippen molar-refractivity contribution in [3.8, 4) is 0 Å². The predicted octanol–water partition coefficient (Wildman–Crippen LogP) is 2.35. The number of nitrogens with two attached hydrogens (primary N) is 1. The van der Waals surface area contributed by atoms with Gasteiger partial charge in [-0.1, -0.05) is 37.3 Å². The number of hydrogen-bond acceptors (Lipinski definition) is 5. The van der Waals surface area contributed by atoms with E-state index >= 15 is 0 Å². The smallest absolute Gasteiger partial charge is 0.265 e. The highest BCUT2D eigenvalue weighted by atomic mass is 19.3. The van der Waals surface area contributed by atoms with E-state index in [1.54, 1.807) is 37.3 Å². The van der Waals surface area contributed by atoms with Crippen LogP contribution in [0.3, 0.4) is 0 Å². The molecular formula is C18H21F2N3O3. The zero-order valence-electron chi connectivity index (χ0n) is 14.3. The fourth-order valence-electron chi connectivity index (χ4n) is 2.51. The fourth-order valence-corrected chi connectivity index (χ4v) is 2.51. The summed E-state index contributed by atoms with van der Waals surface area (Å²) in [6.45, 7) is 1.67. The van der Waals surface area contributed by atoms with E-state index in [9.17, 15) is 18.4 Å². The summed E-state index contributed by atoms with van der Waals surface area (Å²) in [5, 5.41) is 2.39. The normalized spacial score (nSPS) is 13.8. The Morgan fingerprint density at radius 3 is 2.58 bits per heavy atom. The number of halogens is 2. The number of carbonyl (C=O) groups excluding carboxylic acids is 2. The number of Topliss-reactive ketones (excluding diaryl/α,β-unsaturated/α-hetero) is 1. The lowest BCUT2D eigenvalue weighted by atomic mass is 10.00. The number of ketones is 1. The molecule has 0 aliphatic heterocycles. The molecule has 2 rings (SSSR count). The van der Waals surface area contributed by atoms with Gasteiger partial charge in [-0.3, -0.25) is 9.59 Å². The summed E-state index contributed by atoms with van der Waals surface area (Å²) in [7, 11) is 0. The zero-order valence-corrected chi connectivity index (χ0v) is 14.3. The molecule has 0 aliphatic rings. The maximum absolute atomic E-state index is 14.2. The third-order valence-corrected chi connectivity index (χ3v) is 3.85. The Bertz CT molecular complexity index is 721. The summed E-state index contributed by atoms with van der Waals surface area (Å²) in [5.41, 5.74) is 6.09. The van der Waals surface area contributed by atoms with E-state index in [-0.39, 0.29) is 12.3 Å². The van der Waals surface area contributed by atoms with E-state index in [1.165, 1.54) is 12.5 Å². The molecule has 0 unspecified atom stereocenters. The number of nitrogens with one attached hydrogen (secondary N) is 1. The quantitative estimate of drug-likeness (QED) is 0.665. The Morgan fingerprint density at radius 2 is 2.00 bits per heavy atom. The average Bonchev–Trinajstić information content (AvgIpc) is 3.13. The first-order valence-electron chi connectivity index (χ1n) is 8.24. The number of rotatable bonds is 9. The molecule has 1 heterocycles. The molecule has 6 nitrogen and oxygen atoms in total. The second-order valence-electron chi connectivity index (χ2n) is 6.00. The fraction of sp³-hybridized carbons (Fsp3) is 0.389. The third kappa shape index (κ3) is 5.45. The Balaban J connectivity index is 1.94. The van der Waals surface area contributed by atoms with Gasteiger partial charge in [-0.2, -0.15) is 0 Å². The van der Waals surface area contributed by atoms with E-state index in [0.717, 1.165) is 0 Å². The van der Waals surface area contributed by atoms with Crippen LogP contribution in [0.2, 0.25) is 0 Å². The minimum atomic E-state index is -3.15. The SMILES string of the molecule is CC[C@H](NC(=O)[C@@H](N)CC(F)(F)Cc1ccccc1)C(=O)c1ncco1. The molecule has 0 fully saturated rings. The van der Waals surface area contributed by atoms with Crippen molar-refractivity contribution in [2.75, 3.05) is 0 Å². The maximum Gasteiger partial charge on any atom is 0.265 e. The van der Waals surface area contributed by atoms with Gasteiger partial charge in [0.15, 0.2) is 0 Å². The molecule has 1 aromatic heterocycles. The third-order valence-electron chi connectivity index (χ3n) is 3.85. The van der Waals surface area contributed by atoms with E-state index in [2.05, 4.69) is 10.3 Å². The van der Waals surface area contributed by atoms with Crippen LogP contribution in [-0.2, 0) is 11.2 Å². The number of hydrogen-bond donors (Lipinski definition) is 2. The molecule has 0 saturated heterocycles. The van der Waals surface area contributed by atoms with E-state index in [4.69, 9.17) is 10.2 Å². The highest BCUT2D eigenvalue weighted by Crippen LogP contribution is 2.25. The van der Waals surface area contributed by atoms with Crippen molar-refractivity contribution < 1.29 is 22.8 Å². The van der Waals surface area contributed by atoms with Crippen LogP contribution in [0.4, 0.5) is 8.78 Å². The van der Waals surface area contributed by atoms with Gasteiger partial charge in [-0.15, -0.1) is 0 Å². The summed E-state index contributed by atoms with van der Waals surface area (Å²) in [5.74, 6) is -4.65. The Kier molecular flexibility index (Phi) is 6.57. The van der Waals surface area contributed by atoms with Gasteiger partial charge < -0.3 is 15.5 Å². The van der Waals surface area contributed by atoms with Gasteiger partial charge >= 0.3 is 0 Å². The summed E-state index contributed by atoms with van der Waals surface area (Å²) in [6, 6.07) is 5.85. The van der Waals surface area contributed by atoms with Crippen molar-refractivity contribution >= 4 is 11.7 Å². The van der Waals surface area contributed by atoms with Gasteiger partial charge in [0.2, 0.25) is 11.7 Å². The maximum atomic E-state index is 14.2. The first-order chi connectivity index (χ1) is 12.3. The molecule has 26 heavy (non-hydrogen) atoms. The molecular weight excluding hydrogens is 344 g/mol. The first-order valence-corrected chi connectivity index (χ1v) is 8.24. The standard InChI is InChI=1S/C18H21F2N3O3/c1-2-14(15(24)17-22-8-9-26-17)23-16(25)13(21)11-18(19,20)10-12-6-4-3-5-7-12/h3-9,13-14H,2,10-11,21H2,1H3,(H,23,25)/t13-,14-/m0/s1. The highest BCUT2D eigenvalue weighted by Gasteiger charge is 2.35. The van der Waals surface area contributed by atoms with Crippen molar-refractivity contribution in [1.82, 2.24) is 10.3 Å². The number of aromatic nitrogens is 1. The molecule has 2 aromatic rings. The van der Waals surface area contributed by atoms with Crippen LogP contribution in [0.1, 0.15) is 36.0 Å². The van der Waals surface area contributed by atoms with Crippen molar-refractivity contribution in [3.05, 3.63) is 54.2 Å². The van der Waals surface area contributed by atoms with Crippen LogP contribution in [-0.4, -0.2) is 34.7 Å². The number of nitrogens with zero attached hydrogens (tertiary/aromatic N) is 1. The van der Waals surface area contributed by atoms with E-state index < -0.39 is 42.5 Å². The molecule has 0 aliphatic carbocycles. The first kappa shape index (κ1) is 19.7. The second-order valence-corrected chi connectivity index (χ2v) is 6.00.